The number of allylic oxidation sites excluding steroid dienone is 2. The number of halogens is 1. The van der Waals surface area contributed by atoms with E-state index < -0.39 is 23.9 Å². The number of esters is 1. The lowest BCUT2D eigenvalue weighted by Gasteiger charge is -2.37. The molecule has 0 aromatic rings. The molecule has 0 aliphatic rings. The first-order valence-corrected chi connectivity index (χ1v) is 16.0. The molecule has 0 radical (unpaired) electrons. The highest BCUT2D eigenvalue weighted by Crippen LogP contribution is 2.48. The molecule has 0 aromatic heterocycles. The maximum Gasteiger partial charge on any atom is 0.339 e. The zero-order valence-corrected chi connectivity index (χ0v) is 24.2. The van der Waals surface area contributed by atoms with Gasteiger partial charge in [-0.2, -0.15) is 0 Å². The van der Waals surface area contributed by atoms with E-state index in [0.717, 1.165) is 32.1 Å². The topological polar surface area (TPSA) is 104 Å². The molecule has 0 heterocycles. The summed E-state index contributed by atoms with van der Waals surface area (Å²) in [6, 6.07) is 0. The van der Waals surface area contributed by atoms with Crippen LogP contribution in [0.3, 0.4) is 0 Å². The van der Waals surface area contributed by atoms with Gasteiger partial charge in [-0.25, -0.2) is 0 Å². The molecule has 6 nitrogen and oxygen atoms in total. The molecule has 34 heavy (non-hydrogen) atoms. The number of hydrogen-bond donors (Lipinski definition) is 3. The Kier molecular flexibility index (Phi) is 19.8. The molecule has 0 spiro atoms. The van der Waals surface area contributed by atoms with Gasteiger partial charge in [0.2, 0.25) is 0 Å². The number of rotatable bonds is 22. The molecule has 2 atom stereocenters. The van der Waals surface area contributed by atoms with E-state index in [9.17, 15) is 24.3 Å². The van der Waals surface area contributed by atoms with E-state index in [1.807, 2.05) is 13.8 Å². The normalized spacial score (nSPS) is 14.4. The van der Waals surface area contributed by atoms with Crippen molar-refractivity contribution in [3.8, 4) is 0 Å². The molecule has 0 saturated heterocycles. The van der Waals surface area contributed by atoms with E-state index in [1.165, 1.54) is 51.4 Å². The molecular weight excluding hydrogens is 519 g/mol. The summed E-state index contributed by atoms with van der Waals surface area (Å²) in [6.07, 6.45) is 19.8. The molecule has 0 bridgehead atoms. The fraction of sp³-hybridized carbons (Fsp3) is 0.885. The smallest absolute Gasteiger partial charge is 0.339 e. The zero-order valence-electron chi connectivity index (χ0n) is 21.7. The maximum atomic E-state index is 12.4. The van der Waals surface area contributed by atoms with Crippen LogP contribution in [0.1, 0.15) is 130 Å². The molecule has 0 fully saturated rings. The van der Waals surface area contributed by atoms with Crippen LogP contribution in [-0.4, -0.2) is 37.1 Å². The van der Waals surface area contributed by atoms with E-state index in [2.05, 4.69) is 35.0 Å². The molecule has 0 amide bonds. The highest BCUT2D eigenvalue weighted by atomic mass is 79.9. The minimum Gasteiger partial charge on any atom is -0.456 e. The Labute approximate surface area is 216 Å². The fourth-order valence-electron chi connectivity index (χ4n) is 4.09. The number of carbonyl (C=O) groups is 1. The minimum atomic E-state index is -4.37. The van der Waals surface area contributed by atoms with Gasteiger partial charge in [0, 0.05) is 12.8 Å². The summed E-state index contributed by atoms with van der Waals surface area (Å²) in [4.78, 5) is 30.9. The largest absolute Gasteiger partial charge is 0.456 e. The van der Waals surface area contributed by atoms with Gasteiger partial charge in [0.1, 0.15) is 10.2 Å². The van der Waals surface area contributed by atoms with E-state index in [0.29, 0.717) is 19.3 Å². The second-order valence-electron chi connectivity index (χ2n) is 9.36. The molecule has 0 aromatic carbocycles. The second kappa shape index (κ2) is 19.9. The van der Waals surface area contributed by atoms with Gasteiger partial charge in [-0.05, 0) is 44.9 Å². The monoisotopic (exact) mass is 568 g/mol. The molecule has 1 unspecified atom stereocenters. The van der Waals surface area contributed by atoms with Crippen molar-refractivity contribution in [1.82, 2.24) is 0 Å². The number of alkyl halides is 1. The van der Waals surface area contributed by atoms with Crippen molar-refractivity contribution in [2.24, 2.45) is 0 Å². The van der Waals surface area contributed by atoms with Crippen LogP contribution in [0.15, 0.2) is 12.2 Å². The first-order valence-electron chi connectivity index (χ1n) is 13.4. The molecule has 0 saturated carbocycles. The Morgan fingerprint density at radius 3 is 1.82 bits per heavy atom. The van der Waals surface area contributed by atoms with Crippen molar-refractivity contribution in [3.63, 3.8) is 0 Å². The Hall–Kier alpha value is -0.200. The van der Waals surface area contributed by atoms with E-state index >= 15 is 0 Å². The van der Waals surface area contributed by atoms with Crippen LogP contribution in [0, 0.1) is 0 Å². The van der Waals surface area contributed by atoms with E-state index in [4.69, 9.17) is 4.74 Å². The van der Waals surface area contributed by atoms with Crippen LogP contribution in [0.2, 0.25) is 0 Å². The Balaban J connectivity index is 4.02. The highest BCUT2D eigenvalue weighted by Gasteiger charge is 2.42. The van der Waals surface area contributed by atoms with Crippen LogP contribution < -0.4 is 0 Å². The fourth-order valence-corrected chi connectivity index (χ4v) is 4.92. The summed E-state index contributed by atoms with van der Waals surface area (Å²) < 4.78 is 15.9. The third-order valence-electron chi connectivity index (χ3n) is 6.55. The molecule has 3 N–H and O–H groups in total. The number of ether oxygens (including phenoxy) is 1. The van der Waals surface area contributed by atoms with Gasteiger partial charge >= 0.3 is 13.6 Å². The molecule has 0 aliphatic carbocycles. The summed E-state index contributed by atoms with van der Waals surface area (Å²) >= 11 is 2.95. The predicted molar refractivity (Wildman–Crippen MR) is 144 cm³/mol. The first kappa shape index (κ1) is 33.8. The summed E-state index contributed by atoms with van der Waals surface area (Å²) in [5.41, 5.74) is -1.12. The van der Waals surface area contributed by atoms with Gasteiger partial charge in [0.05, 0.1) is 6.10 Å². The third kappa shape index (κ3) is 15.7. The van der Waals surface area contributed by atoms with Gasteiger partial charge in [0.15, 0.2) is 0 Å². The van der Waals surface area contributed by atoms with Gasteiger partial charge in [-0.3, -0.25) is 9.36 Å². The van der Waals surface area contributed by atoms with Crippen LogP contribution in [0.25, 0.3) is 0 Å². The number of unbranched alkanes of at least 4 members (excludes halogenated alkanes) is 11. The molecule has 0 rings (SSSR count). The van der Waals surface area contributed by atoms with Gasteiger partial charge in [-0.1, -0.05) is 100 Å². The van der Waals surface area contributed by atoms with Crippen molar-refractivity contribution in [2.45, 2.75) is 146 Å². The average molecular weight is 570 g/mol. The van der Waals surface area contributed by atoms with Crippen molar-refractivity contribution in [3.05, 3.63) is 12.2 Å². The SMILES string of the molecule is CCCCCCCCC=CCCCCCCCC(=O)OC(CC)(CC)[C@@H](O)CC(Br)P(=O)(O)O. The van der Waals surface area contributed by atoms with Gasteiger partial charge in [0.25, 0.3) is 0 Å². The summed E-state index contributed by atoms with van der Waals surface area (Å²) in [7, 11) is -4.37. The van der Waals surface area contributed by atoms with E-state index in [1.54, 1.807) is 0 Å². The first-order chi connectivity index (χ1) is 16.1. The number of hydrogen-bond acceptors (Lipinski definition) is 4. The molecule has 202 valence electrons. The van der Waals surface area contributed by atoms with Crippen molar-refractivity contribution < 1.29 is 29.0 Å². The van der Waals surface area contributed by atoms with Crippen molar-refractivity contribution in [2.75, 3.05) is 0 Å². The molecule has 8 heteroatoms. The highest BCUT2D eigenvalue weighted by molar-refractivity contribution is 9.10. The standard InChI is InChI=1S/C26H50BrO6P/c1-4-7-8-9-10-11-12-13-14-15-16-17-18-19-20-21-25(29)33-26(5-2,6-3)23(28)22-24(27)34(30,31)32/h13-14,23-24,28H,4-12,15-22H2,1-3H3,(H2,30,31,32)/t23-,24?/m0/s1. The van der Waals surface area contributed by atoms with Crippen LogP contribution in [-0.2, 0) is 14.1 Å². The third-order valence-corrected chi connectivity index (χ3v) is 9.46. The summed E-state index contributed by atoms with van der Waals surface area (Å²) in [5, 5.41) is 10.6. The van der Waals surface area contributed by atoms with Crippen LogP contribution >= 0.6 is 23.5 Å². The predicted octanol–water partition coefficient (Wildman–Crippen LogP) is 7.78. The second-order valence-corrected chi connectivity index (χ2v) is 13.0. The molecular formula is C26H50BrO6P. The van der Waals surface area contributed by atoms with Gasteiger partial charge < -0.3 is 19.6 Å². The van der Waals surface area contributed by atoms with Crippen molar-refractivity contribution in [1.29, 1.82) is 0 Å². The van der Waals surface area contributed by atoms with Crippen LogP contribution in [0.5, 0.6) is 0 Å². The van der Waals surface area contributed by atoms with Crippen LogP contribution in [0.4, 0.5) is 0 Å². The number of carbonyl (C=O) groups excluding carboxylic acids is 1. The lowest BCUT2D eigenvalue weighted by atomic mass is 9.88. The summed E-state index contributed by atoms with van der Waals surface area (Å²) in [6.45, 7) is 5.86. The number of aliphatic hydroxyl groups excluding tert-OH is 1. The minimum absolute atomic E-state index is 0.188. The Bertz CT molecular complexity index is 588. The maximum absolute atomic E-state index is 12.4. The zero-order chi connectivity index (χ0) is 25.9. The lowest BCUT2D eigenvalue weighted by molar-refractivity contribution is -0.176. The lowest BCUT2D eigenvalue weighted by Crippen LogP contribution is -2.46. The van der Waals surface area contributed by atoms with E-state index in [-0.39, 0.29) is 12.4 Å². The quantitative estimate of drug-likeness (QED) is 0.0405. The number of aliphatic hydroxyl groups is 1. The Morgan fingerprint density at radius 2 is 1.35 bits per heavy atom. The summed E-state index contributed by atoms with van der Waals surface area (Å²) in [5.74, 6) is -0.359. The van der Waals surface area contributed by atoms with Crippen molar-refractivity contribution >= 4 is 29.5 Å². The van der Waals surface area contributed by atoms with Gasteiger partial charge in [-0.15, -0.1) is 0 Å². The molecule has 0 aliphatic heterocycles. The Morgan fingerprint density at radius 1 is 0.882 bits per heavy atom. The average Bonchev–Trinajstić information content (AvgIpc) is 2.79.